The van der Waals surface area contributed by atoms with Crippen LogP contribution in [0.25, 0.3) is 0 Å². The van der Waals surface area contributed by atoms with Gasteiger partial charge < -0.3 is 20.1 Å². The number of ether oxygens (including phenoxy) is 2. The number of methoxy groups -OCH3 is 1. The van der Waals surface area contributed by atoms with E-state index in [-0.39, 0.29) is 11.7 Å². The van der Waals surface area contributed by atoms with Crippen molar-refractivity contribution in [2.75, 3.05) is 32.1 Å². The number of carbonyl (C=O) groups excluding carboxylic acids is 1. The van der Waals surface area contributed by atoms with Crippen LogP contribution in [0.5, 0.6) is 5.75 Å². The van der Waals surface area contributed by atoms with Gasteiger partial charge in [-0.15, -0.1) is 0 Å². The van der Waals surface area contributed by atoms with Crippen molar-refractivity contribution in [2.45, 2.75) is 24.6 Å². The highest BCUT2D eigenvalue weighted by Gasteiger charge is 2.39. The Morgan fingerprint density at radius 2 is 1.87 bits per heavy atom. The Bertz CT molecular complexity index is 526. The van der Waals surface area contributed by atoms with Crippen LogP contribution in [0.1, 0.15) is 12.8 Å². The number of hydrogen-bond donors (Lipinski definition) is 2. The van der Waals surface area contributed by atoms with Gasteiger partial charge in [0.2, 0.25) is 0 Å². The van der Waals surface area contributed by atoms with E-state index < -0.39 is 18.4 Å². The van der Waals surface area contributed by atoms with Gasteiger partial charge >= 0.3 is 6.18 Å². The number of anilines is 1. The second kappa shape index (κ2) is 7.18. The lowest BCUT2D eigenvalue weighted by Gasteiger charge is -2.34. The van der Waals surface area contributed by atoms with Crippen molar-refractivity contribution in [1.29, 1.82) is 0 Å². The van der Waals surface area contributed by atoms with Gasteiger partial charge in [0.1, 0.15) is 11.4 Å². The van der Waals surface area contributed by atoms with Gasteiger partial charge in [0.15, 0.2) is 6.61 Å². The maximum atomic E-state index is 12.4. The molecule has 2 N–H and O–H groups in total. The smallest absolute Gasteiger partial charge is 0.422 e. The zero-order valence-corrected chi connectivity index (χ0v) is 12.7. The summed E-state index contributed by atoms with van der Waals surface area (Å²) in [5, 5.41) is 5.89. The Morgan fingerprint density at radius 1 is 1.26 bits per heavy atom. The number of amides is 1. The molecule has 2 rings (SSSR count). The lowest BCUT2D eigenvalue weighted by Crippen LogP contribution is -2.51. The number of benzene rings is 1. The Kier molecular flexibility index (Phi) is 5.48. The number of hydrogen-bond acceptors (Lipinski definition) is 4. The fraction of sp³-hybridized carbons (Fsp3) is 0.533. The molecule has 1 heterocycles. The Morgan fingerprint density at radius 3 is 2.39 bits per heavy atom. The molecule has 0 radical (unpaired) electrons. The van der Waals surface area contributed by atoms with Gasteiger partial charge in [-0.3, -0.25) is 4.79 Å². The molecule has 1 fully saturated rings. The third-order valence-electron chi connectivity index (χ3n) is 3.73. The van der Waals surface area contributed by atoms with E-state index in [2.05, 4.69) is 15.4 Å². The Balaban J connectivity index is 1.96. The van der Waals surface area contributed by atoms with Crippen molar-refractivity contribution in [2.24, 2.45) is 0 Å². The summed E-state index contributed by atoms with van der Waals surface area (Å²) in [6.07, 6.45) is -3.27. The van der Waals surface area contributed by atoms with E-state index >= 15 is 0 Å². The molecule has 5 nitrogen and oxygen atoms in total. The highest BCUT2D eigenvalue weighted by Crippen LogP contribution is 2.25. The number of rotatable bonds is 5. The van der Waals surface area contributed by atoms with Crippen LogP contribution < -0.4 is 15.4 Å². The van der Waals surface area contributed by atoms with E-state index in [0.717, 1.165) is 0 Å². The second-order valence-electron chi connectivity index (χ2n) is 5.33. The van der Waals surface area contributed by atoms with Gasteiger partial charge in [-0.2, -0.15) is 13.2 Å². The second-order valence-corrected chi connectivity index (χ2v) is 5.33. The molecule has 1 saturated heterocycles. The molecule has 128 valence electrons. The molecule has 1 aliphatic heterocycles. The normalized spacial score (nSPS) is 17.6. The summed E-state index contributed by atoms with van der Waals surface area (Å²) >= 11 is 0. The van der Waals surface area contributed by atoms with Gasteiger partial charge in [0.25, 0.3) is 5.91 Å². The van der Waals surface area contributed by atoms with Crippen LogP contribution >= 0.6 is 0 Å². The van der Waals surface area contributed by atoms with E-state index in [1.54, 1.807) is 0 Å². The van der Waals surface area contributed by atoms with Crippen LogP contribution in [0.2, 0.25) is 0 Å². The van der Waals surface area contributed by atoms with Crippen molar-refractivity contribution in [3.63, 3.8) is 0 Å². The quantitative estimate of drug-likeness (QED) is 0.869. The lowest BCUT2D eigenvalue weighted by molar-refractivity contribution is -0.153. The third-order valence-corrected chi connectivity index (χ3v) is 3.73. The average Bonchev–Trinajstić information content (AvgIpc) is 2.54. The zero-order chi connectivity index (χ0) is 16.9. The van der Waals surface area contributed by atoms with Crippen molar-refractivity contribution >= 4 is 11.6 Å². The standard InChI is InChI=1S/C15H19F3N2O3/c1-22-14(6-8-19-9-7-14)13(21)20-11-2-4-12(5-3-11)23-10-15(16,17)18/h2-5,19H,6-10H2,1H3,(H,20,21). The monoisotopic (exact) mass is 332 g/mol. The van der Waals surface area contributed by atoms with Crippen LogP contribution in [0.15, 0.2) is 24.3 Å². The van der Waals surface area contributed by atoms with Gasteiger partial charge in [-0.1, -0.05) is 0 Å². The van der Waals surface area contributed by atoms with E-state index in [1.165, 1.54) is 31.4 Å². The molecule has 0 atom stereocenters. The molecular weight excluding hydrogens is 313 g/mol. The first-order valence-electron chi connectivity index (χ1n) is 7.22. The molecule has 1 aliphatic rings. The number of piperidine rings is 1. The van der Waals surface area contributed by atoms with Gasteiger partial charge in [0.05, 0.1) is 0 Å². The van der Waals surface area contributed by atoms with Gasteiger partial charge in [-0.25, -0.2) is 0 Å². The molecule has 1 aromatic rings. The molecular formula is C15H19F3N2O3. The topological polar surface area (TPSA) is 59.6 Å². The van der Waals surface area contributed by atoms with E-state index in [0.29, 0.717) is 31.6 Å². The van der Waals surface area contributed by atoms with Crippen molar-refractivity contribution < 1.29 is 27.4 Å². The molecule has 0 aromatic heterocycles. The predicted molar refractivity (Wildman–Crippen MR) is 78.5 cm³/mol. The summed E-state index contributed by atoms with van der Waals surface area (Å²) in [4.78, 5) is 12.4. The summed E-state index contributed by atoms with van der Waals surface area (Å²) in [5.41, 5.74) is -0.402. The number of nitrogens with one attached hydrogen (secondary N) is 2. The summed E-state index contributed by atoms with van der Waals surface area (Å²) in [5.74, 6) is -0.172. The van der Waals surface area contributed by atoms with Crippen LogP contribution in [0.4, 0.5) is 18.9 Å². The SMILES string of the molecule is COC1(C(=O)Nc2ccc(OCC(F)(F)F)cc2)CCNCC1. The predicted octanol–water partition coefficient (Wildman–Crippen LogP) is 2.33. The number of carbonyl (C=O) groups is 1. The molecule has 0 unspecified atom stereocenters. The zero-order valence-electron chi connectivity index (χ0n) is 12.7. The maximum Gasteiger partial charge on any atom is 0.422 e. The lowest BCUT2D eigenvalue weighted by atomic mass is 9.91. The van der Waals surface area contributed by atoms with Gasteiger partial charge in [0, 0.05) is 12.8 Å². The van der Waals surface area contributed by atoms with Crippen LogP contribution in [-0.2, 0) is 9.53 Å². The first-order chi connectivity index (χ1) is 10.8. The molecule has 23 heavy (non-hydrogen) atoms. The maximum absolute atomic E-state index is 12.4. The molecule has 1 amide bonds. The summed E-state index contributed by atoms with van der Waals surface area (Å²) in [7, 11) is 1.50. The fourth-order valence-electron chi connectivity index (χ4n) is 2.40. The Labute approximate surface area is 132 Å². The third kappa shape index (κ3) is 4.84. The highest BCUT2D eigenvalue weighted by atomic mass is 19.4. The summed E-state index contributed by atoms with van der Waals surface area (Å²) in [6, 6.07) is 5.74. The van der Waals surface area contributed by atoms with Crippen molar-refractivity contribution in [3.8, 4) is 5.75 Å². The fourth-order valence-corrected chi connectivity index (χ4v) is 2.40. The van der Waals surface area contributed by atoms with Crippen LogP contribution in [0, 0.1) is 0 Å². The molecule has 8 heteroatoms. The molecule has 1 aromatic carbocycles. The van der Waals surface area contributed by atoms with Crippen molar-refractivity contribution in [3.05, 3.63) is 24.3 Å². The van der Waals surface area contributed by atoms with Crippen molar-refractivity contribution in [1.82, 2.24) is 5.32 Å². The highest BCUT2D eigenvalue weighted by molar-refractivity contribution is 5.97. The van der Waals surface area contributed by atoms with E-state index in [1.807, 2.05) is 0 Å². The first kappa shape index (κ1) is 17.6. The van der Waals surface area contributed by atoms with Gasteiger partial charge in [-0.05, 0) is 50.2 Å². The van der Waals surface area contributed by atoms with Crippen LogP contribution in [-0.4, -0.2) is 44.5 Å². The summed E-state index contributed by atoms with van der Waals surface area (Å²) < 4.78 is 46.3. The minimum absolute atomic E-state index is 0.0867. The summed E-state index contributed by atoms with van der Waals surface area (Å²) in [6.45, 7) is 0.0233. The largest absolute Gasteiger partial charge is 0.484 e. The Hall–Kier alpha value is -1.80. The molecule has 0 spiro atoms. The minimum Gasteiger partial charge on any atom is -0.484 e. The minimum atomic E-state index is -4.38. The molecule has 0 aliphatic carbocycles. The van der Waals surface area contributed by atoms with E-state index in [4.69, 9.17) is 4.74 Å². The van der Waals surface area contributed by atoms with Crippen LogP contribution in [0.3, 0.4) is 0 Å². The average molecular weight is 332 g/mol. The van der Waals surface area contributed by atoms with E-state index in [9.17, 15) is 18.0 Å². The molecule has 0 bridgehead atoms. The first-order valence-corrected chi connectivity index (χ1v) is 7.22. The number of halogens is 3. The number of alkyl halides is 3. The molecule has 0 saturated carbocycles.